The van der Waals surface area contributed by atoms with Crippen LogP contribution >= 0.6 is 0 Å². The fraction of sp³-hybridized carbons (Fsp3) is 0.217. The summed E-state index contributed by atoms with van der Waals surface area (Å²) in [4.78, 5) is 43.1. The monoisotopic (exact) mass is 452 g/mol. The number of nitrogens with two attached hydrogens (primary N) is 1. The number of Topliss-reactive ketones (excluding diaryl/α,β-unsaturated/α-hetero) is 2. The number of rotatable bonds is 3. The number of hydrogen-bond donors (Lipinski definition) is 5. The fourth-order valence-electron chi connectivity index (χ4n) is 4.61. The number of fused-ring (bicyclic) bond motifs is 3. The predicted molar refractivity (Wildman–Crippen MR) is 117 cm³/mol. The molecule has 0 aromatic heterocycles. The van der Waals surface area contributed by atoms with Crippen molar-refractivity contribution >= 4 is 39.5 Å². The van der Waals surface area contributed by atoms with Crippen LogP contribution in [0.4, 0.5) is 0 Å². The van der Waals surface area contributed by atoms with E-state index >= 15 is 0 Å². The number of primary amides is 1. The molecule has 10 nitrogen and oxygen atoms in total. The normalized spacial score (nSPS) is 23.5. The quantitative estimate of drug-likeness (QED) is 0.262. The van der Waals surface area contributed by atoms with E-state index in [0.29, 0.717) is 16.5 Å². The number of phenols is 2. The Morgan fingerprint density at radius 2 is 1.91 bits per heavy atom. The molecule has 2 atom stereocenters. The minimum Gasteiger partial charge on any atom is -0.507 e. The third kappa shape index (κ3) is 2.77. The number of oxime groups is 1. The van der Waals surface area contributed by atoms with Crippen molar-refractivity contribution in [1.29, 1.82) is 0 Å². The van der Waals surface area contributed by atoms with Crippen LogP contribution in [0.15, 0.2) is 41.3 Å². The Kier molecular flexibility index (Phi) is 4.79. The van der Waals surface area contributed by atoms with Gasteiger partial charge in [0.05, 0.1) is 16.9 Å². The highest BCUT2D eigenvalue weighted by molar-refractivity contribution is 6.38. The van der Waals surface area contributed by atoms with Gasteiger partial charge in [-0.1, -0.05) is 23.4 Å². The van der Waals surface area contributed by atoms with Gasteiger partial charge in [0.25, 0.3) is 5.91 Å². The topological polar surface area (TPSA) is 180 Å². The van der Waals surface area contributed by atoms with E-state index < -0.39 is 57.3 Å². The lowest BCUT2D eigenvalue weighted by Gasteiger charge is -2.41. The van der Waals surface area contributed by atoms with E-state index in [-0.39, 0.29) is 23.1 Å². The maximum absolute atomic E-state index is 13.5. The first-order chi connectivity index (χ1) is 15.5. The zero-order chi connectivity index (χ0) is 24.4. The molecule has 2 aromatic rings. The molecule has 2 aliphatic rings. The molecule has 0 radical (unpaired) electrons. The Labute approximate surface area is 186 Å². The average molecular weight is 452 g/mol. The van der Waals surface area contributed by atoms with Gasteiger partial charge in [-0.05, 0) is 42.0 Å². The number of carbonyl (C=O) groups excluding carboxylic acids is 3. The summed E-state index contributed by atoms with van der Waals surface area (Å²) >= 11 is 0. The van der Waals surface area contributed by atoms with Crippen molar-refractivity contribution in [3.05, 3.63) is 52.8 Å². The van der Waals surface area contributed by atoms with Crippen molar-refractivity contribution in [2.24, 2.45) is 16.8 Å². The van der Waals surface area contributed by atoms with Gasteiger partial charge in [0, 0.05) is 0 Å². The number of benzene rings is 2. The number of amides is 1. The van der Waals surface area contributed by atoms with Gasteiger partial charge in [-0.3, -0.25) is 14.4 Å². The lowest BCUT2D eigenvalue weighted by molar-refractivity contribution is -0.134. The third-order valence-corrected chi connectivity index (χ3v) is 6.12. The van der Waals surface area contributed by atoms with Crippen LogP contribution in [0.5, 0.6) is 11.5 Å². The molecule has 0 saturated heterocycles. The van der Waals surface area contributed by atoms with E-state index in [4.69, 9.17) is 10.6 Å². The first-order valence-corrected chi connectivity index (χ1v) is 9.79. The van der Waals surface area contributed by atoms with Crippen LogP contribution in [-0.4, -0.2) is 56.3 Å². The molecule has 0 bridgehead atoms. The number of ketones is 2. The van der Waals surface area contributed by atoms with Gasteiger partial charge in [-0.15, -0.1) is 0 Å². The third-order valence-electron chi connectivity index (χ3n) is 6.12. The van der Waals surface area contributed by atoms with Crippen molar-refractivity contribution in [3.8, 4) is 11.5 Å². The second kappa shape index (κ2) is 7.17. The minimum atomic E-state index is -2.90. The summed E-state index contributed by atoms with van der Waals surface area (Å²) in [6.45, 7) is 5.61. The minimum absolute atomic E-state index is 0.0628. The molecular formula is C23H20N2O8. The second-order valence-electron chi connectivity index (χ2n) is 8.02. The van der Waals surface area contributed by atoms with Gasteiger partial charge >= 0.3 is 0 Å². The van der Waals surface area contributed by atoms with E-state index in [0.717, 1.165) is 7.11 Å². The Balaban J connectivity index is 2.08. The number of aromatic hydroxyl groups is 2. The summed E-state index contributed by atoms with van der Waals surface area (Å²) in [6.07, 6.45) is -0.240. The first kappa shape index (κ1) is 22.0. The van der Waals surface area contributed by atoms with Crippen molar-refractivity contribution in [3.63, 3.8) is 0 Å². The summed E-state index contributed by atoms with van der Waals surface area (Å²) in [5.74, 6) is -7.32. The van der Waals surface area contributed by atoms with Crippen LogP contribution in [0.25, 0.3) is 16.3 Å². The average Bonchev–Trinajstić information content (AvgIpc) is 2.73. The molecule has 4 rings (SSSR count). The maximum Gasteiger partial charge on any atom is 0.256 e. The molecule has 2 aromatic carbocycles. The lowest BCUT2D eigenvalue weighted by Crippen LogP contribution is -2.62. The molecule has 10 heteroatoms. The molecule has 0 fully saturated rings. The zero-order valence-electron chi connectivity index (χ0n) is 17.7. The van der Waals surface area contributed by atoms with Crippen molar-refractivity contribution in [2.75, 3.05) is 7.11 Å². The molecule has 0 unspecified atom stereocenters. The molecular weight excluding hydrogens is 432 g/mol. The van der Waals surface area contributed by atoms with Crippen LogP contribution in [0.2, 0.25) is 0 Å². The molecule has 0 aliphatic heterocycles. The zero-order valence-corrected chi connectivity index (χ0v) is 17.7. The van der Waals surface area contributed by atoms with E-state index in [1.807, 2.05) is 0 Å². The number of carbonyl (C=O) groups is 3. The second-order valence-corrected chi connectivity index (χ2v) is 8.02. The first-order valence-electron chi connectivity index (χ1n) is 9.79. The van der Waals surface area contributed by atoms with Crippen molar-refractivity contribution < 1.29 is 39.6 Å². The molecule has 0 saturated carbocycles. The Bertz CT molecular complexity index is 1370. The standard InChI is InChI=1S/C23H20N2O8/c1-8(2)10-4-5-13(26)15-11(10)6-9-7-12-17(25-33-3)19(28)16(22(24)31)21(30)23(12,32)20(29)14(9)18(15)27/h4-6,12,26-28,32H,1,7H2,2-3H3,(H2,24,31)/b25-17-/t12-,23-/m0/s1. The Morgan fingerprint density at radius 3 is 2.48 bits per heavy atom. The van der Waals surface area contributed by atoms with Crippen molar-refractivity contribution in [1.82, 2.24) is 0 Å². The SMILES string of the molecule is C=C(C)c1ccc(O)c2c(O)c3c(cc12)C[C@H]1/C(=N/OC)C(O)=C(C(N)=O)C(=O)[C@@]1(O)C3=O. The number of phenolic OH excluding ortho intramolecular Hbond substituents is 2. The lowest BCUT2D eigenvalue weighted by atomic mass is 9.62. The van der Waals surface area contributed by atoms with E-state index in [1.165, 1.54) is 12.1 Å². The fourth-order valence-corrected chi connectivity index (χ4v) is 4.61. The molecule has 6 N–H and O–H groups in total. The van der Waals surface area contributed by atoms with Gasteiger partial charge < -0.3 is 31.0 Å². The number of nitrogens with zero attached hydrogens (tertiary/aromatic N) is 1. The number of aliphatic hydroxyl groups excluding tert-OH is 1. The van der Waals surface area contributed by atoms with Gasteiger partial charge in [0.1, 0.15) is 29.9 Å². The van der Waals surface area contributed by atoms with E-state index in [2.05, 4.69) is 11.7 Å². The molecule has 170 valence electrons. The van der Waals surface area contributed by atoms with Gasteiger partial charge in [-0.2, -0.15) is 0 Å². The molecule has 33 heavy (non-hydrogen) atoms. The van der Waals surface area contributed by atoms with Crippen LogP contribution in [0.1, 0.15) is 28.4 Å². The Hall–Kier alpha value is -4.18. The number of aliphatic hydroxyl groups is 2. The summed E-state index contributed by atoms with van der Waals surface area (Å²) < 4.78 is 0. The summed E-state index contributed by atoms with van der Waals surface area (Å²) in [5.41, 5.74) is 1.94. The largest absolute Gasteiger partial charge is 0.507 e. The van der Waals surface area contributed by atoms with Gasteiger partial charge in [-0.25, -0.2) is 0 Å². The smallest absolute Gasteiger partial charge is 0.256 e. The summed E-state index contributed by atoms with van der Waals surface area (Å²) in [7, 11) is 1.14. The highest BCUT2D eigenvalue weighted by Gasteiger charge is 2.62. The predicted octanol–water partition coefficient (Wildman–Crippen LogP) is 1.25. The molecule has 0 spiro atoms. The number of hydrogen-bond acceptors (Lipinski definition) is 9. The molecule has 1 amide bonds. The number of allylic oxidation sites excluding steroid dienone is 2. The summed E-state index contributed by atoms with van der Waals surface area (Å²) in [5, 5.41) is 47.2. The van der Waals surface area contributed by atoms with Gasteiger partial charge in [0.2, 0.25) is 11.6 Å². The molecule has 2 aliphatic carbocycles. The maximum atomic E-state index is 13.5. The summed E-state index contributed by atoms with van der Waals surface area (Å²) in [6, 6.07) is 4.46. The highest BCUT2D eigenvalue weighted by Crippen LogP contribution is 2.48. The highest BCUT2D eigenvalue weighted by atomic mass is 16.6. The van der Waals surface area contributed by atoms with Crippen LogP contribution in [0.3, 0.4) is 0 Å². The van der Waals surface area contributed by atoms with E-state index in [9.17, 15) is 34.8 Å². The Morgan fingerprint density at radius 1 is 1.24 bits per heavy atom. The van der Waals surface area contributed by atoms with Crippen molar-refractivity contribution in [2.45, 2.75) is 18.9 Å². The molecule has 0 heterocycles. The van der Waals surface area contributed by atoms with Gasteiger partial charge in [0.15, 0.2) is 11.4 Å². The van der Waals surface area contributed by atoms with Crippen LogP contribution < -0.4 is 5.73 Å². The van der Waals surface area contributed by atoms with E-state index in [1.54, 1.807) is 13.0 Å². The van der Waals surface area contributed by atoms with Crippen LogP contribution in [0, 0.1) is 5.92 Å². The van der Waals surface area contributed by atoms with Crippen LogP contribution in [-0.2, 0) is 20.8 Å².